The van der Waals surface area contributed by atoms with Gasteiger partial charge in [-0.05, 0) is 37.8 Å². The van der Waals surface area contributed by atoms with E-state index in [0.29, 0.717) is 0 Å². The lowest BCUT2D eigenvalue weighted by Gasteiger charge is -2.39. The number of guanidine groups is 1. The number of aliphatic imine (C=N–C) groups is 1. The van der Waals surface area contributed by atoms with E-state index in [1.54, 1.807) is 11.3 Å². The van der Waals surface area contributed by atoms with Crippen LogP contribution in [0.4, 0.5) is 0 Å². The third kappa shape index (κ3) is 5.08. The Morgan fingerprint density at radius 3 is 2.67 bits per heavy atom. The second-order valence-electron chi connectivity index (χ2n) is 7.17. The number of ether oxygens (including phenoxy) is 1. The Morgan fingerprint density at radius 1 is 1.22 bits per heavy atom. The Kier molecular flexibility index (Phi) is 6.85. The minimum Gasteiger partial charge on any atom is -0.381 e. The van der Waals surface area contributed by atoms with E-state index in [2.05, 4.69) is 58.7 Å². The van der Waals surface area contributed by atoms with Crippen molar-refractivity contribution in [2.24, 2.45) is 4.99 Å². The molecule has 0 amide bonds. The average molecular weight is 387 g/mol. The Labute approximate surface area is 166 Å². The predicted octanol–water partition coefficient (Wildman–Crippen LogP) is 3.22. The van der Waals surface area contributed by atoms with Crippen LogP contribution in [0, 0.1) is 13.8 Å². The van der Waals surface area contributed by atoms with Crippen LogP contribution in [0.1, 0.15) is 33.9 Å². The first-order chi connectivity index (χ1) is 13.1. The van der Waals surface area contributed by atoms with Gasteiger partial charge >= 0.3 is 0 Å². The molecule has 0 atom stereocenters. The number of hydrogen-bond donors (Lipinski definition) is 2. The van der Waals surface area contributed by atoms with E-state index in [1.807, 2.05) is 13.2 Å². The summed E-state index contributed by atoms with van der Waals surface area (Å²) in [6.45, 7) is 7.60. The van der Waals surface area contributed by atoms with Crippen LogP contribution in [-0.4, -0.2) is 44.3 Å². The molecule has 5 nitrogen and oxygen atoms in total. The molecule has 146 valence electrons. The molecule has 0 spiro atoms. The molecule has 3 rings (SSSR count). The van der Waals surface area contributed by atoms with Crippen LogP contribution >= 0.6 is 11.3 Å². The molecule has 6 heteroatoms. The van der Waals surface area contributed by atoms with Crippen molar-refractivity contribution in [2.45, 2.75) is 38.5 Å². The lowest BCUT2D eigenvalue weighted by atomic mass is 9.72. The molecule has 2 N–H and O–H groups in total. The van der Waals surface area contributed by atoms with Crippen molar-refractivity contribution in [2.75, 3.05) is 33.4 Å². The average Bonchev–Trinajstić information content (AvgIpc) is 3.10. The number of benzene rings is 1. The number of nitrogens with zero attached hydrogens (tertiary/aromatic N) is 2. The maximum absolute atomic E-state index is 5.66. The largest absolute Gasteiger partial charge is 0.381 e. The van der Waals surface area contributed by atoms with Gasteiger partial charge in [-0.2, -0.15) is 0 Å². The summed E-state index contributed by atoms with van der Waals surface area (Å²) in [5.41, 5.74) is 2.87. The van der Waals surface area contributed by atoms with E-state index >= 15 is 0 Å². The summed E-state index contributed by atoms with van der Waals surface area (Å²) < 4.78 is 5.66. The topological polar surface area (TPSA) is 58.5 Å². The predicted molar refractivity (Wildman–Crippen MR) is 113 cm³/mol. The number of thiazole rings is 1. The summed E-state index contributed by atoms with van der Waals surface area (Å²) in [6, 6.07) is 8.72. The van der Waals surface area contributed by atoms with Crippen molar-refractivity contribution in [3.63, 3.8) is 0 Å². The van der Waals surface area contributed by atoms with E-state index in [0.717, 1.165) is 56.5 Å². The molecule has 1 aliphatic heterocycles. The summed E-state index contributed by atoms with van der Waals surface area (Å²) in [6.07, 6.45) is 4.90. The highest BCUT2D eigenvalue weighted by Crippen LogP contribution is 2.36. The number of aromatic nitrogens is 1. The maximum atomic E-state index is 5.66. The first-order valence-electron chi connectivity index (χ1n) is 9.63. The van der Waals surface area contributed by atoms with Gasteiger partial charge in [0.25, 0.3) is 0 Å². The highest BCUT2D eigenvalue weighted by molar-refractivity contribution is 7.11. The van der Waals surface area contributed by atoms with Crippen molar-refractivity contribution in [3.8, 4) is 0 Å². The van der Waals surface area contributed by atoms with E-state index in [4.69, 9.17) is 4.74 Å². The molecule has 0 aliphatic carbocycles. The van der Waals surface area contributed by atoms with Crippen LogP contribution in [-0.2, 0) is 16.6 Å². The van der Waals surface area contributed by atoms with Crippen molar-refractivity contribution in [3.05, 3.63) is 51.5 Å². The minimum atomic E-state index is 0.0909. The van der Waals surface area contributed by atoms with Crippen LogP contribution in [0.5, 0.6) is 0 Å². The van der Waals surface area contributed by atoms with Crippen LogP contribution < -0.4 is 10.6 Å². The standard InChI is InChI=1S/C21H30N4OS/c1-16-6-4-5-7-18(16)21(9-12-26-13-10-21)15-25-20(22-3)23-11-8-19-24-14-17(2)27-19/h4-7,14H,8-13,15H2,1-3H3,(H2,22,23,25). The van der Waals surface area contributed by atoms with Crippen LogP contribution in [0.3, 0.4) is 0 Å². The molecule has 1 aromatic carbocycles. The summed E-state index contributed by atoms with van der Waals surface area (Å²) in [7, 11) is 1.83. The summed E-state index contributed by atoms with van der Waals surface area (Å²) in [4.78, 5) is 10.1. The molecule has 1 aromatic heterocycles. The highest BCUT2D eigenvalue weighted by atomic mass is 32.1. The van der Waals surface area contributed by atoms with Gasteiger partial charge in [0.1, 0.15) is 0 Å². The molecule has 1 saturated heterocycles. The minimum absolute atomic E-state index is 0.0909. The van der Waals surface area contributed by atoms with Crippen molar-refractivity contribution in [1.82, 2.24) is 15.6 Å². The second kappa shape index (κ2) is 9.33. The fraction of sp³-hybridized carbons (Fsp3) is 0.524. The van der Waals surface area contributed by atoms with Crippen molar-refractivity contribution >= 4 is 17.3 Å². The van der Waals surface area contributed by atoms with Gasteiger partial charge in [0.15, 0.2) is 5.96 Å². The number of rotatable bonds is 6. The first kappa shape index (κ1) is 19.8. The van der Waals surface area contributed by atoms with Gasteiger partial charge in [0, 0.05) is 56.3 Å². The maximum Gasteiger partial charge on any atom is 0.191 e. The number of hydrogen-bond acceptors (Lipinski definition) is 4. The van der Waals surface area contributed by atoms with Gasteiger partial charge in [-0.1, -0.05) is 24.3 Å². The van der Waals surface area contributed by atoms with E-state index < -0.39 is 0 Å². The molecule has 2 aromatic rings. The lowest BCUT2D eigenvalue weighted by molar-refractivity contribution is 0.0512. The Morgan fingerprint density at radius 2 is 2.00 bits per heavy atom. The van der Waals surface area contributed by atoms with Gasteiger partial charge in [0.2, 0.25) is 0 Å². The molecule has 2 heterocycles. The molecule has 1 fully saturated rings. The fourth-order valence-electron chi connectivity index (χ4n) is 3.75. The summed E-state index contributed by atoms with van der Waals surface area (Å²) in [5, 5.41) is 8.15. The summed E-state index contributed by atoms with van der Waals surface area (Å²) in [5.74, 6) is 0.850. The Hall–Kier alpha value is -1.92. The van der Waals surface area contributed by atoms with Crippen LogP contribution in [0.25, 0.3) is 0 Å². The zero-order chi connectivity index (χ0) is 19.1. The molecule has 0 unspecified atom stereocenters. The highest BCUT2D eigenvalue weighted by Gasteiger charge is 2.35. The molecule has 0 bridgehead atoms. The normalized spacial score (nSPS) is 16.9. The zero-order valence-corrected chi connectivity index (χ0v) is 17.4. The third-order valence-corrected chi connectivity index (χ3v) is 6.26. The molecule has 0 saturated carbocycles. The van der Waals surface area contributed by atoms with Crippen molar-refractivity contribution in [1.29, 1.82) is 0 Å². The quantitative estimate of drug-likeness (QED) is 0.591. The summed E-state index contributed by atoms with van der Waals surface area (Å²) >= 11 is 1.76. The second-order valence-corrected chi connectivity index (χ2v) is 8.49. The van der Waals surface area contributed by atoms with Gasteiger partial charge in [-0.25, -0.2) is 4.98 Å². The monoisotopic (exact) mass is 386 g/mol. The van der Waals surface area contributed by atoms with Gasteiger partial charge in [-0.15, -0.1) is 11.3 Å². The number of nitrogens with one attached hydrogen (secondary N) is 2. The van der Waals surface area contributed by atoms with E-state index in [-0.39, 0.29) is 5.41 Å². The lowest BCUT2D eigenvalue weighted by Crippen LogP contribution is -2.48. The zero-order valence-electron chi connectivity index (χ0n) is 16.5. The fourth-order valence-corrected chi connectivity index (χ4v) is 4.54. The molecular formula is C21H30N4OS. The molecule has 1 aliphatic rings. The van der Waals surface area contributed by atoms with E-state index in [9.17, 15) is 0 Å². The molecule has 0 radical (unpaired) electrons. The Bertz CT molecular complexity index is 765. The van der Waals surface area contributed by atoms with Gasteiger partial charge in [0.05, 0.1) is 5.01 Å². The first-order valence-corrected chi connectivity index (χ1v) is 10.4. The molecular weight excluding hydrogens is 356 g/mol. The van der Waals surface area contributed by atoms with Gasteiger partial charge in [-0.3, -0.25) is 4.99 Å². The van der Waals surface area contributed by atoms with Gasteiger partial charge < -0.3 is 15.4 Å². The SMILES string of the molecule is CN=C(NCCc1ncc(C)s1)NCC1(c2ccccc2C)CCOCC1. The van der Waals surface area contributed by atoms with Crippen LogP contribution in [0.2, 0.25) is 0 Å². The van der Waals surface area contributed by atoms with Crippen molar-refractivity contribution < 1.29 is 4.74 Å². The third-order valence-electron chi connectivity index (χ3n) is 5.28. The molecule has 27 heavy (non-hydrogen) atoms. The Balaban J connectivity index is 1.61. The smallest absolute Gasteiger partial charge is 0.191 e. The van der Waals surface area contributed by atoms with E-state index in [1.165, 1.54) is 16.0 Å². The number of aryl methyl sites for hydroxylation is 2. The van der Waals surface area contributed by atoms with Crippen LogP contribution in [0.15, 0.2) is 35.5 Å².